The van der Waals surface area contributed by atoms with Crippen molar-refractivity contribution in [2.24, 2.45) is 0 Å². The highest BCUT2D eigenvalue weighted by atomic mass is 32.2. The number of nitrogens with zero attached hydrogens (tertiary/aromatic N) is 5. The maximum Gasteiger partial charge on any atom is 0.213 e. The van der Waals surface area contributed by atoms with Crippen molar-refractivity contribution in [1.82, 2.24) is 24.8 Å². The van der Waals surface area contributed by atoms with Crippen LogP contribution in [0.4, 0.5) is 0 Å². The van der Waals surface area contributed by atoms with Crippen molar-refractivity contribution in [2.75, 3.05) is 5.75 Å². The Bertz CT molecular complexity index is 745. The summed E-state index contributed by atoms with van der Waals surface area (Å²) in [5, 5.41) is 13.3. The fourth-order valence-electron chi connectivity index (χ4n) is 1.63. The molecule has 3 rings (SSSR count). The molecule has 0 aliphatic rings. The zero-order chi connectivity index (χ0) is 13.1. The first-order valence-corrected chi connectivity index (χ1v) is 6.56. The van der Waals surface area contributed by atoms with E-state index in [4.69, 9.17) is 6.42 Å². The van der Waals surface area contributed by atoms with Crippen molar-refractivity contribution in [2.45, 2.75) is 5.16 Å². The largest absolute Gasteiger partial charge is 0.264 e. The van der Waals surface area contributed by atoms with E-state index < -0.39 is 0 Å². The Morgan fingerprint density at radius 1 is 1.26 bits per heavy atom. The summed E-state index contributed by atoms with van der Waals surface area (Å²) in [6.07, 6.45) is 8.75. The van der Waals surface area contributed by atoms with Crippen LogP contribution in [0.2, 0.25) is 0 Å². The van der Waals surface area contributed by atoms with Crippen molar-refractivity contribution in [3.63, 3.8) is 0 Å². The van der Waals surface area contributed by atoms with E-state index in [9.17, 15) is 0 Å². The van der Waals surface area contributed by atoms with Gasteiger partial charge in [0.25, 0.3) is 0 Å². The number of thioether (sulfide) groups is 1. The number of fused-ring (bicyclic) bond motifs is 1. The molecular formula is C13H9N5S. The molecule has 0 aliphatic carbocycles. The third-order valence-corrected chi connectivity index (χ3v) is 3.30. The van der Waals surface area contributed by atoms with E-state index in [2.05, 4.69) is 26.2 Å². The van der Waals surface area contributed by atoms with Crippen LogP contribution in [-0.2, 0) is 0 Å². The van der Waals surface area contributed by atoms with Gasteiger partial charge in [-0.15, -0.1) is 16.6 Å². The number of pyridine rings is 1. The molecule has 0 N–H and O–H groups in total. The second kappa shape index (κ2) is 5.08. The van der Waals surface area contributed by atoms with Crippen LogP contribution in [0.25, 0.3) is 16.9 Å². The van der Waals surface area contributed by atoms with Gasteiger partial charge >= 0.3 is 0 Å². The van der Waals surface area contributed by atoms with Gasteiger partial charge in [-0.25, -0.2) is 0 Å². The highest BCUT2D eigenvalue weighted by Gasteiger charge is 2.08. The maximum atomic E-state index is 5.25. The summed E-state index contributed by atoms with van der Waals surface area (Å²) in [6.45, 7) is 0. The SMILES string of the molecule is C#CCSc1nnc2ccc(-c3cccnc3)nn12. The molecule has 0 unspecified atom stereocenters. The lowest BCUT2D eigenvalue weighted by molar-refractivity contribution is 0.814. The van der Waals surface area contributed by atoms with Crippen LogP contribution in [0.15, 0.2) is 41.8 Å². The minimum Gasteiger partial charge on any atom is -0.264 e. The summed E-state index contributed by atoms with van der Waals surface area (Å²) < 4.78 is 1.70. The second-order valence-corrected chi connectivity index (χ2v) is 4.65. The molecule has 0 aliphatic heterocycles. The van der Waals surface area contributed by atoms with Gasteiger partial charge in [-0.2, -0.15) is 9.61 Å². The Hall–Kier alpha value is -2.39. The quantitative estimate of drug-likeness (QED) is 0.536. The van der Waals surface area contributed by atoms with Crippen LogP contribution in [0.1, 0.15) is 0 Å². The third kappa shape index (κ3) is 2.28. The van der Waals surface area contributed by atoms with Gasteiger partial charge in [0.2, 0.25) is 5.16 Å². The first kappa shape index (κ1) is 11.7. The van der Waals surface area contributed by atoms with Crippen LogP contribution >= 0.6 is 11.8 Å². The molecule has 3 aromatic rings. The van der Waals surface area contributed by atoms with E-state index in [-0.39, 0.29) is 0 Å². The molecule has 6 heteroatoms. The van der Waals surface area contributed by atoms with Gasteiger partial charge in [0, 0.05) is 18.0 Å². The molecule has 0 saturated carbocycles. The molecule has 0 fully saturated rings. The average molecular weight is 267 g/mol. The van der Waals surface area contributed by atoms with Crippen LogP contribution in [-0.4, -0.2) is 30.5 Å². The average Bonchev–Trinajstić information content (AvgIpc) is 2.88. The maximum absolute atomic E-state index is 5.25. The lowest BCUT2D eigenvalue weighted by atomic mass is 10.2. The standard InChI is InChI=1S/C13H9N5S/c1-2-8-19-13-16-15-12-6-5-11(17-18(12)13)10-4-3-7-14-9-10/h1,3-7,9H,8H2. The Morgan fingerprint density at radius 3 is 3.00 bits per heavy atom. The van der Waals surface area contributed by atoms with Crippen LogP contribution in [0.3, 0.4) is 0 Å². The van der Waals surface area contributed by atoms with Gasteiger partial charge in [-0.3, -0.25) is 4.98 Å². The predicted octanol–water partition coefficient (Wildman–Crippen LogP) is 1.91. The molecule has 0 atom stereocenters. The molecular weight excluding hydrogens is 258 g/mol. The van der Waals surface area contributed by atoms with Crippen molar-refractivity contribution in [1.29, 1.82) is 0 Å². The molecule has 5 nitrogen and oxygen atoms in total. The van der Waals surface area contributed by atoms with Gasteiger partial charge in [0.15, 0.2) is 5.65 Å². The molecule has 0 saturated heterocycles. The summed E-state index contributed by atoms with van der Waals surface area (Å²) in [5.74, 6) is 3.10. The minimum atomic E-state index is 0.541. The number of terminal acetylenes is 1. The Morgan fingerprint density at radius 2 is 2.21 bits per heavy atom. The fourth-order valence-corrected chi connectivity index (χ4v) is 2.20. The lowest BCUT2D eigenvalue weighted by Crippen LogP contribution is -1.96. The Kier molecular flexibility index (Phi) is 3.12. The number of rotatable bonds is 3. The molecule has 3 heterocycles. The number of aromatic nitrogens is 5. The first-order chi connectivity index (χ1) is 9.38. The van der Waals surface area contributed by atoms with E-state index in [0.29, 0.717) is 16.6 Å². The van der Waals surface area contributed by atoms with Gasteiger partial charge in [0.1, 0.15) is 0 Å². The molecule has 0 aromatic carbocycles. The van der Waals surface area contributed by atoms with E-state index in [0.717, 1.165) is 11.3 Å². The topological polar surface area (TPSA) is 56.0 Å². The smallest absolute Gasteiger partial charge is 0.213 e. The van der Waals surface area contributed by atoms with E-state index in [1.54, 1.807) is 16.9 Å². The van der Waals surface area contributed by atoms with Gasteiger partial charge < -0.3 is 0 Å². The van der Waals surface area contributed by atoms with Crippen molar-refractivity contribution < 1.29 is 0 Å². The van der Waals surface area contributed by atoms with E-state index >= 15 is 0 Å². The van der Waals surface area contributed by atoms with Crippen LogP contribution in [0, 0.1) is 12.3 Å². The van der Waals surface area contributed by atoms with Crippen LogP contribution < -0.4 is 0 Å². The summed E-state index contributed by atoms with van der Waals surface area (Å²) in [7, 11) is 0. The molecule has 92 valence electrons. The van der Waals surface area contributed by atoms with Gasteiger partial charge in [0.05, 0.1) is 11.4 Å². The number of hydrogen-bond acceptors (Lipinski definition) is 5. The highest BCUT2D eigenvalue weighted by molar-refractivity contribution is 7.99. The Labute approximate surface area is 114 Å². The molecule has 19 heavy (non-hydrogen) atoms. The Balaban J connectivity index is 2.07. The highest BCUT2D eigenvalue weighted by Crippen LogP contribution is 2.19. The fraction of sp³-hybridized carbons (Fsp3) is 0.0769. The van der Waals surface area contributed by atoms with E-state index in [1.807, 2.05) is 24.3 Å². The first-order valence-electron chi connectivity index (χ1n) is 5.57. The van der Waals surface area contributed by atoms with Crippen molar-refractivity contribution in [3.05, 3.63) is 36.7 Å². The van der Waals surface area contributed by atoms with E-state index in [1.165, 1.54) is 11.8 Å². The lowest BCUT2D eigenvalue weighted by Gasteiger charge is -2.01. The summed E-state index contributed by atoms with van der Waals surface area (Å²) in [6, 6.07) is 7.61. The van der Waals surface area contributed by atoms with Crippen LogP contribution in [0.5, 0.6) is 0 Å². The van der Waals surface area contributed by atoms with Crippen molar-refractivity contribution in [3.8, 4) is 23.6 Å². The minimum absolute atomic E-state index is 0.541. The molecule has 0 spiro atoms. The third-order valence-electron chi connectivity index (χ3n) is 2.48. The second-order valence-electron chi connectivity index (χ2n) is 3.71. The predicted molar refractivity (Wildman–Crippen MR) is 73.6 cm³/mol. The normalized spacial score (nSPS) is 10.5. The summed E-state index contributed by atoms with van der Waals surface area (Å²) in [4.78, 5) is 4.09. The van der Waals surface area contributed by atoms with Crippen molar-refractivity contribution >= 4 is 17.4 Å². The summed E-state index contributed by atoms with van der Waals surface area (Å²) >= 11 is 1.44. The summed E-state index contributed by atoms with van der Waals surface area (Å²) in [5.41, 5.74) is 2.47. The monoisotopic (exact) mass is 267 g/mol. The molecule has 0 amide bonds. The van der Waals surface area contributed by atoms with Gasteiger partial charge in [-0.1, -0.05) is 17.7 Å². The zero-order valence-corrected chi connectivity index (χ0v) is 10.7. The number of hydrogen-bond donors (Lipinski definition) is 0. The zero-order valence-electron chi connectivity index (χ0n) is 9.89. The molecule has 3 aromatic heterocycles. The molecule has 0 bridgehead atoms. The van der Waals surface area contributed by atoms with Gasteiger partial charge in [-0.05, 0) is 24.3 Å². The molecule has 0 radical (unpaired) electrons.